The summed E-state index contributed by atoms with van der Waals surface area (Å²) in [6, 6.07) is 18.4. The summed E-state index contributed by atoms with van der Waals surface area (Å²) in [7, 11) is 0. The Bertz CT molecular complexity index is 1010. The number of amides is 2. The summed E-state index contributed by atoms with van der Waals surface area (Å²) in [5, 5.41) is 0. The number of carbonyl (C=O) groups is 2. The normalized spacial score (nSPS) is 12.8. The molecule has 0 spiro atoms. The summed E-state index contributed by atoms with van der Waals surface area (Å²) < 4.78 is 28.4. The predicted octanol–water partition coefficient (Wildman–Crippen LogP) is 4.39. The number of primary amides is 1. The highest BCUT2D eigenvalue weighted by atomic mass is 19.2. The van der Waals surface area contributed by atoms with Crippen molar-refractivity contribution in [3.05, 3.63) is 107 Å². The van der Waals surface area contributed by atoms with Gasteiger partial charge in [-0.15, -0.1) is 0 Å². The van der Waals surface area contributed by atoms with Crippen LogP contribution in [0.1, 0.15) is 40.5 Å². The number of nitrogens with zero attached hydrogens (tertiary/aromatic N) is 1. The van der Waals surface area contributed by atoms with Crippen LogP contribution in [0.2, 0.25) is 0 Å². The molecule has 0 aliphatic rings. The fourth-order valence-corrected chi connectivity index (χ4v) is 3.34. The summed E-state index contributed by atoms with van der Waals surface area (Å²) in [4.78, 5) is 27.0. The van der Waals surface area contributed by atoms with E-state index in [2.05, 4.69) is 0 Å². The summed E-state index contributed by atoms with van der Waals surface area (Å²) in [5.74, 6) is -3.39. The standard InChI is InChI=1S/C23H20F2N2O2/c1-15(18-13-8-14-19(24)20(18)25)27(23(29)17-11-6-3-7-12-17)21(22(26)28)16-9-4-2-5-10-16/h2-15,21H,1H3,(H2,26,28)/t15-,21+/m1/s1. The van der Waals surface area contributed by atoms with Crippen LogP contribution in [0.15, 0.2) is 78.9 Å². The van der Waals surface area contributed by atoms with Gasteiger partial charge in [-0.25, -0.2) is 8.78 Å². The molecule has 0 heterocycles. The van der Waals surface area contributed by atoms with Gasteiger partial charge < -0.3 is 10.6 Å². The summed E-state index contributed by atoms with van der Waals surface area (Å²) in [6.45, 7) is 1.54. The van der Waals surface area contributed by atoms with E-state index in [-0.39, 0.29) is 5.56 Å². The largest absolute Gasteiger partial charge is 0.368 e. The van der Waals surface area contributed by atoms with Gasteiger partial charge in [0.1, 0.15) is 6.04 Å². The fraction of sp³-hybridized carbons (Fsp3) is 0.130. The molecule has 2 N–H and O–H groups in total. The second-order valence-corrected chi connectivity index (χ2v) is 6.61. The van der Waals surface area contributed by atoms with E-state index in [4.69, 9.17) is 5.73 Å². The topological polar surface area (TPSA) is 63.4 Å². The second kappa shape index (κ2) is 8.65. The van der Waals surface area contributed by atoms with Crippen molar-refractivity contribution in [3.63, 3.8) is 0 Å². The molecule has 0 saturated carbocycles. The van der Waals surface area contributed by atoms with E-state index >= 15 is 0 Å². The molecule has 4 nitrogen and oxygen atoms in total. The molecule has 0 radical (unpaired) electrons. The monoisotopic (exact) mass is 394 g/mol. The Labute approximate surface area is 167 Å². The number of rotatable bonds is 6. The van der Waals surface area contributed by atoms with Crippen LogP contribution in [0.5, 0.6) is 0 Å². The van der Waals surface area contributed by atoms with Gasteiger partial charge in [-0.2, -0.15) is 0 Å². The highest BCUT2D eigenvalue weighted by Crippen LogP contribution is 2.34. The molecule has 3 aromatic carbocycles. The van der Waals surface area contributed by atoms with Gasteiger partial charge in [0.25, 0.3) is 5.91 Å². The van der Waals surface area contributed by atoms with Crippen molar-refractivity contribution in [2.24, 2.45) is 5.73 Å². The summed E-state index contributed by atoms with van der Waals surface area (Å²) in [5.41, 5.74) is 6.41. The van der Waals surface area contributed by atoms with E-state index < -0.39 is 35.5 Å². The Morgan fingerprint density at radius 2 is 1.45 bits per heavy atom. The third-order valence-electron chi connectivity index (χ3n) is 4.77. The predicted molar refractivity (Wildman–Crippen MR) is 106 cm³/mol. The van der Waals surface area contributed by atoms with Crippen molar-refractivity contribution in [3.8, 4) is 0 Å². The van der Waals surface area contributed by atoms with Gasteiger partial charge in [-0.05, 0) is 30.7 Å². The van der Waals surface area contributed by atoms with Gasteiger partial charge in [0.15, 0.2) is 11.6 Å². The van der Waals surface area contributed by atoms with Crippen LogP contribution < -0.4 is 5.73 Å². The Balaban J connectivity index is 2.16. The number of nitrogens with two attached hydrogens (primary N) is 1. The average molecular weight is 394 g/mol. The summed E-state index contributed by atoms with van der Waals surface area (Å²) in [6.07, 6.45) is 0. The van der Waals surface area contributed by atoms with Gasteiger partial charge in [0, 0.05) is 11.1 Å². The molecule has 0 bridgehead atoms. The van der Waals surface area contributed by atoms with Crippen LogP contribution in [-0.4, -0.2) is 16.7 Å². The van der Waals surface area contributed by atoms with E-state index in [0.29, 0.717) is 11.1 Å². The van der Waals surface area contributed by atoms with Crippen LogP contribution in [0.3, 0.4) is 0 Å². The molecule has 0 aliphatic carbocycles. The Hall–Kier alpha value is -3.54. The Morgan fingerprint density at radius 3 is 2.03 bits per heavy atom. The highest BCUT2D eigenvalue weighted by Gasteiger charge is 2.35. The van der Waals surface area contributed by atoms with Crippen LogP contribution >= 0.6 is 0 Å². The van der Waals surface area contributed by atoms with Crippen LogP contribution in [-0.2, 0) is 4.79 Å². The first-order valence-corrected chi connectivity index (χ1v) is 9.07. The first-order chi connectivity index (χ1) is 13.9. The van der Waals surface area contributed by atoms with Gasteiger partial charge in [-0.1, -0.05) is 60.7 Å². The van der Waals surface area contributed by atoms with E-state index in [1.807, 2.05) is 0 Å². The SMILES string of the molecule is C[C@H](c1cccc(F)c1F)N(C(=O)c1ccccc1)[C@H](C(N)=O)c1ccccc1. The minimum absolute atomic E-state index is 0.0449. The quantitative estimate of drug-likeness (QED) is 0.674. The molecule has 0 unspecified atom stereocenters. The van der Waals surface area contributed by atoms with Gasteiger partial charge in [-0.3, -0.25) is 9.59 Å². The maximum absolute atomic E-state index is 14.5. The zero-order valence-corrected chi connectivity index (χ0v) is 15.8. The molecule has 6 heteroatoms. The van der Waals surface area contributed by atoms with Crippen molar-refractivity contribution in [1.82, 2.24) is 4.90 Å². The number of halogens is 2. The molecule has 148 valence electrons. The zero-order valence-electron chi connectivity index (χ0n) is 15.8. The number of hydrogen-bond donors (Lipinski definition) is 1. The van der Waals surface area contributed by atoms with Crippen molar-refractivity contribution in [2.45, 2.75) is 19.0 Å². The lowest BCUT2D eigenvalue weighted by Crippen LogP contribution is -2.43. The van der Waals surface area contributed by atoms with Crippen molar-refractivity contribution < 1.29 is 18.4 Å². The molecular formula is C23H20F2N2O2. The lowest BCUT2D eigenvalue weighted by atomic mass is 9.97. The molecule has 3 aromatic rings. The smallest absolute Gasteiger partial charge is 0.255 e. The van der Waals surface area contributed by atoms with Crippen LogP contribution in [0, 0.1) is 11.6 Å². The molecular weight excluding hydrogens is 374 g/mol. The highest BCUT2D eigenvalue weighted by molar-refractivity contribution is 5.98. The summed E-state index contributed by atoms with van der Waals surface area (Å²) >= 11 is 0. The number of carbonyl (C=O) groups excluding carboxylic acids is 2. The van der Waals surface area contributed by atoms with E-state index in [1.54, 1.807) is 60.7 Å². The second-order valence-electron chi connectivity index (χ2n) is 6.61. The molecule has 3 rings (SSSR count). The molecule has 2 amide bonds. The molecule has 2 atom stereocenters. The van der Waals surface area contributed by atoms with Crippen LogP contribution in [0.25, 0.3) is 0 Å². The lowest BCUT2D eigenvalue weighted by molar-refractivity contribution is -0.123. The molecule has 29 heavy (non-hydrogen) atoms. The van der Waals surface area contributed by atoms with E-state index in [9.17, 15) is 18.4 Å². The molecule has 0 aliphatic heterocycles. The van der Waals surface area contributed by atoms with Crippen LogP contribution in [0.4, 0.5) is 8.78 Å². The third kappa shape index (κ3) is 4.16. The maximum Gasteiger partial charge on any atom is 0.255 e. The first-order valence-electron chi connectivity index (χ1n) is 9.07. The van der Waals surface area contributed by atoms with Crippen molar-refractivity contribution in [2.75, 3.05) is 0 Å². The van der Waals surface area contributed by atoms with E-state index in [1.165, 1.54) is 24.0 Å². The van der Waals surface area contributed by atoms with Crippen molar-refractivity contribution in [1.29, 1.82) is 0 Å². The lowest BCUT2D eigenvalue weighted by Gasteiger charge is -2.35. The van der Waals surface area contributed by atoms with Gasteiger partial charge >= 0.3 is 0 Å². The zero-order chi connectivity index (χ0) is 21.0. The number of benzene rings is 3. The number of hydrogen-bond acceptors (Lipinski definition) is 2. The molecule has 0 saturated heterocycles. The average Bonchev–Trinajstić information content (AvgIpc) is 2.74. The Morgan fingerprint density at radius 1 is 0.862 bits per heavy atom. The minimum atomic E-state index is -1.17. The Kier molecular flexibility index (Phi) is 6.02. The van der Waals surface area contributed by atoms with E-state index in [0.717, 1.165) is 6.07 Å². The third-order valence-corrected chi connectivity index (χ3v) is 4.77. The minimum Gasteiger partial charge on any atom is -0.368 e. The molecule has 0 fully saturated rings. The fourth-order valence-electron chi connectivity index (χ4n) is 3.34. The first kappa shape index (κ1) is 20.2. The van der Waals surface area contributed by atoms with Crippen molar-refractivity contribution >= 4 is 11.8 Å². The van der Waals surface area contributed by atoms with Gasteiger partial charge in [0.05, 0.1) is 6.04 Å². The molecule has 0 aromatic heterocycles. The van der Waals surface area contributed by atoms with Gasteiger partial charge in [0.2, 0.25) is 5.91 Å². The maximum atomic E-state index is 14.5.